The summed E-state index contributed by atoms with van der Waals surface area (Å²) >= 11 is 0. The minimum Gasteiger partial charge on any atom is -0.453 e. The van der Waals surface area contributed by atoms with Crippen LogP contribution in [0.1, 0.15) is 93.4 Å². The van der Waals surface area contributed by atoms with Crippen LogP contribution < -0.4 is 10.6 Å². The van der Waals surface area contributed by atoms with Crippen LogP contribution >= 0.6 is 0 Å². The summed E-state index contributed by atoms with van der Waals surface area (Å²) in [5.74, 6) is -3.13. The van der Waals surface area contributed by atoms with Gasteiger partial charge in [-0.25, -0.2) is 0 Å². The van der Waals surface area contributed by atoms with Crippen molar-refractivity contribution >= 4 is 17.7 Å². The van der Waals surface area contributed by atoms with Crippen molar-refractivity contribution < 1.29 is 43.2 Å². The lowest BCUT2D eigenvalue weighted by Crippen LogP contribution is -2.70. The summed E-state index contributed by atoms with van der Waals surface area (Å²) in [6.45, 7) is 15.3. The van der Waals surface area contributed by atoms with Crippen molar-refractivity contribution in [2.24, 2.45) is 11.8 Å². The third-order valence-electron chi connectivity index (χ3n) is 8.62. The first-order valence-electron chi connectivity index (χ1n) is 17.1. The monoisotopic (exact) mass is 662 g/mol. The van der Waals surface area contributed by atoms with Crippen molar-refractivity contribution in [1.82, 2.24) is 20.4 Å². The number of carbonyl (C=O) groups excluding carboxylic acids is 3. The van der Waals surface area contributed by atoms with Crippen LogP contribution in [0, 0.1) is 11.8 Å². The fourth-order valence-corrected chi connectivity index (χ4v) is 5.64. The average Bonchev–Trinajstić information content (AvgIpc) is 3.86. The van der Waals surface area contributed by atoms with Gasteiger partial charge in [-0.15, -0.1) is 0 Å². The SMILES string of the molecule is CC.CC.CC1CC(N(C)C)CC(OF)O1.CO[C@@]1(O)CCC(=O)C(C)C(=O)OC2(CNCC(C)C1)CN(C(=O)CNC1CC1)C2. The highest BCUT2D eigenvalue weighted by Crippen LogP contribution is 2.29. The van der Waals surface area contributed by atoms with E-state index in [-0.39, 0.29) is 36.6 Å². The van der Waals surface area contributed by atoms with Crippen LogP contribution in [-0.2, 0) is 33.5 Å². The van der Waals surface area contributed by atoms with E-state index in [1.165, 1.54) is 14.0 Å². The van der Waals surface area contributed by atoms with Crippen molar-refractivity contribution in [3.8, 4) is 0 Å². The highest BCUT2D eigenvalue weighted by atomic mass is 19.3. The molecule has 12 nitrogen and oxygen atoms in total. The molecule has 3 heterocycles. The Kier molecular flexibility index (Phi) is 18.9. The Bertz CT molecular complexity index is 918. The van der Waals surface area contributed by atoms with Gasteiger partial charge in [0, 0.05) is 51.4 Å². The molecule has 0 aromatic carbocycles. The molecule has 1 amide bonds. The summed E-state index contributed by atoms with van der Waals surface area (Å²) in [5, 5.41) is 17.2. The molecular formula is C33H63FN4O8. The quantitative estimate of drug-likeness (QED) is 0.220. The van der Waals surface area contributed by atoms with Crippen LogP contribution in [0.15, 0.2) is 0 Å². The summed E-state index contributed by atoms with van der Waals surface area (Å²) in [5.41, 5.74) is -0.827. The molecule has 46 heavy (non-hydrogen) atoms. The standard InChI is InChI=1S/C21H35N3O6.C8H16FNO2.2C2H6/c1-14-8-21(28,29-3)7-6-17(25)15(2)19(27)30-20(11-22-9-14)12-24(13-20)18(26)10-23-16-4-5-16;1-6-4-7(10(2)3)5-8(11-6)12-9;2*1-2/h14-16,22-23,28H,4-13H2,1-3H3;6-8H,4-5H2,1-3H3;2*1-2H3/t14?,15?,21-;;;/m0.../s1. The van der Waals surface area contributed by atoms with Gasteiger partial charge in [-0.05, 0) is 64.2 Å². The van der Waals surface area contributed by atoms with Gasteiger partial charge in [0.2, 0.25) is 5.91 Å². The number of esters is 1. The van der Waals surface area contributed by atoms with Gasteiger partial charge < -0.3 is 39.8 Å². The van der Waals surface area contributed by atoms with E-state index in [1.807, 2.05) is 55.6 Å². The third-order valence-corrected chi connectivity index (χ3v) is 8.62. The number of nitrogens with zero attached hydrogens (tertiary/aromatic N) is 2. The molecule has 1 saturated carbocycles. The minimum atomic E-state index is -1.40. The fourth-order valence-electron chi connectivity index (χ4n) is 5.64. The second-order valence-electron chi connectivity index (χ2n) is 12.8. The van der Waals surface area contributed by atoms with Crippen molar-refractivity contribution in [1.29, 1.82) is 0 Å². The Morgan fingerprint density at radius 3 is 2.30 bits per heavy atom. The lowest BCUT2D eigenvalue weighted by atomic mass is 9.92. The van der Waals surface area contributed by atoms with Gasteiger partial charge in [0.1, 0.15) is 11.7 Å². The van der Waals surface area contributed by atoms with E-state index in [4.69, 9.17) is 14.2 Å². The molecule has 0 radical (unpaired) electrons. The number of Topliss-reactive ketones (excluding diaryl/α,β-unsaturated/α-hetero) is 1. The number of hydrogen-bond acceptors (Lipinski definition) is 11. The molecule has 4 rings (SSSR count). The molecule has 1 aliphatic carbocycles. The van der Waals surface area contributed by atoms with Crippen LogP contribution in [0.25, 0.3) is 0 Å². The number of likely N-dealkylation sites (tertiary alicyclic amines) is 1. The van der Waals surface area contributed by atoms with Crippen LogP contribution in [0.5, 0.6) is 0 Å². The smallest absolute Gasteiger partial charge is 0.316 e. The van der Waals surface area contributed by atoms with E-state index in [1.54, 1.807) is 4.90 Å². The highest BCUT2D eigenvalue weighted by Gasteiger charge is 2.49. The summed E-state index contributed by atoms with van der Waals surface area (Å²) < 4.78 is 28.1. The number of hydrogen-bond donors (Lipinski definition) is 3. The predicted molar refractivity (Wildman–Crippen MR) is 174 cm³/mol. The maximum Gasteiger partial charge on any atom is 0.316 e. The molecule has 3 saturated heterocycles. The van der Waals surface area contributed by atoms with E-state index >= 15 is 0 Å². The second kappa shape index (κ2) is 20.6. The van der Waals surface area contributed by atoms with Crippen molar-refractivity contribution in [3.05, 3.63) is 0 Å². The van der Waals surface area contributed by atoms with E-state index < -0.39 is 29.6 Å². The average molecular weight is 663 g/mol. The Labute approximate surface area is 276 Å². The van der Waals surface area contributed by atoms with E-state index in [0.29, 0.717) is 57.6 Å². The first-order chi connectivity index (χ1) is 21.8. The van der Waals surface area contributed by atoms with Gasteiger partial charge >= 0.3 is 5.97 Å². The third kappa shape index (κ3) is 13.8. The summed E-state index contributed by atoms with van der Waals surface area (Å²) in [6, 6.07) is 0.808. The molecule has 6 atom stereocenters. The molecule has 13 heteroatoms. The number of nitrogens with one attached hydrogen (secondary N) is 2. The number of methoxy groups -OCH3 is 1. The molecule has 0 aromatic heterocycles. The molecule has 1 spiro atoms. The first kappa shape index (κ1) is 42.3. The van der Waals surface area contributed by atoms with Gasteiger partial charge in [0.25, 0.3) is 0 Å². The Morgan fingerprint density at radius 1 is 1.13 bits per heavy atom. The van der Waals surface area contributed by atoms with Crippen LogP contribution in [0.2, 0.25) is 0 Å². The maximum absolute atomic E-state index is 12.6. The fraction of sp³-hybridized carbons (Fsp3) is 0.909. The van der Waals surface area contributed by atoms with E-state index in [2.05, 4.69) is 20.5 Å². The topological polar surface area (TPSA) is 139 Å². The van der Waals surface area contributed by atoms with Crippen molar-refractivity contribution in [2.75, 3.05) is 53.9 Å². The molecule has 3 aliphatic heterocycles. The van der Waals surface area contributed by atoms with Gasteiger partial charge in [-0.3, -0.25) is 14.4 Å². The van der Waals surface area contributed by atoms with Gasteiger partial charge in [0.15, 0.2) is 17.7 Å². The van der Waals surface area contributed by atoms with Gasteiger partial charge in [0.05, 0.1) is 25.7 Å². The van der Waals surface area contributed by atoms with E-state index in [0.717, 1.165) is 19.3 Å². The first-order valence-corrected chi connectivity index (χ1v) is 17.1. The molecule has 5 unspecified atom stereocenters. The number of halogens is 1. The maximum atomic E-state index is 12.6. The number of rotatable bonds is 6. The number of ketones is 1. The van der Waals surface area contributed by atoms with Crippen molar-refractivity contribution in [2.45, 2.75) is 129 Å². The highest BCUT2D eigenvalue weighted by molar-refractivity contribution is 5.98. The van der Waals surface area contributed by atoms with Gasteiger partial charge in [-0.1, -0.05) is 34.6 Å². The Hall–Kier alpha value is -1.74. The Balaban J connectivity index is 0.000000552. The molecule has 4 fully saturated rings. The lowest BCUT2D eigenvalue weighted by Gasteiger charge is -2.49. The van der Waals surface area contributed by atoms with Gasteiger partial charge in [-0.2, -0.15) is 4.94 Å². The van der Waals surface area contributed by atoms with Crippen molar-refractivity contribution in [3.63, 3.8) is 0 Å². The van der Waals surface area contributed by atoms with Crippen LogP contribution in [0.3, 0.4) is 0 Å². The van der Waals surface area contributed by atoms with Crippen LogP contribution in [0.4, 0.5) is 4.53 Å². The molecule has 3 N–H and O–H groups in total. The van der Waals surface area contributed by atoms with E-state index in [9.17, 15) is 24.0 Å². The normalized spacial score (nSPS) is 31.6. The lowest BCUT2D eigenvalue weighted by molar-refractivity contribution is -0.304. The number of amides is 1. The Morgan fingerprint density at radius 2 is 1.76 bits per heavy atom. The molecule has 270 valence electrons. The minimum absolute atomic E-state index is 0.00542. The number of aliphatic hydroxyl groups is 1. The predicted octanol–water partition coefficient (Wildman–Crippen LogP) is 3.21. The number of ether oxygens (including phenoxy) is 3. The number of carbonyl (C=O) groups is 3. The zero-order valence-electron chi connectivity index (χ0n) is 30.0. The largest absolute Gasteiger partial charge is 0.453 e. The zero-order valence-corrected chi connectivity index (χ0v) is 30.0. The molecule has 4 aliphatic rings. The summed E-state index contributed by atoms with van der Waals surface area (Å²) in [7, 11) is 5.39. The zero-order chi connectivity index (χ0) is 35.1. The summed E-state index contributed by atoms with van der Waals surface area (Å²) in [6.07, 6.45) is 3.70. The summed E-state index contributed by atoms with van der Waals surface area (Å²) in [4.78, 5) is 45.0. The molecule has 0 aromatic rings. The molecule has 0 bridgehead atoms. The van der Waals surface area contributed by atoms with Crippen LogP contribution in [-0.4, -0.2) is 122 Å². The molecular weight excluding hydrogens is 599 g/mol. The second-order valence-corrected chi connectivity index (χ2v) is 12.8.